The lowest BCUT2D eigenvalue weighted by Gasteiger charge is -2.17. The van der Waals surface area contributed by atoms with E-state index in [9.17, 15) is 9.90 Å². The number of nitrogens with zero attached hydrogens (tertiary/aromatic N) is 1. The van der Waals surface area contributed by atoms with Gasteiger partial charge in [0.1, 0.15) is 0 Å². The van der Waals surface area contributed by atoms with Crippen molar-refractivity contribution >= 4 is 0 Å². The Kier molecular flexibility index (Phi) is 5.19. The van der Waals surface area contributed by atoms with Crippen LogP contribution in [-0.4, -0.2) is 9.67 Å². The van der Waals surface area contributed by atoms with Gasteiger partial charge >= 0.3 is 0 Å². The molecule has 22 heavy (non-hydrogen) atoms. The second-order valence-electron chi connectivity index (χ2n) is 6.49. The summed E-state index contributed by atoms with van der Waals surface area (Å²) in [7, 11) is 0. The summed E-state index contributed by atoms with van der Waals surface area (Å²) < 4.78 is 1.78. The number of pyridine rings is 1. The Bertz CT molecular complexity index is 682. The molecule has 0 saturated heterocycles. The molecule has 3 nitrogen and oxygen atoms in total. The van der Waals surface area contributed by atoms with E-state index in [1.807, 2.05) is 6.07 Å². The molecular weight excluding hydrogens is 274 g/mol. The zero-order valence-electron chi connectivity index (χ0n) is 13.8. The normalized spacial score (nSPS) is 11.4. The van der Waals surface area contributed by atoms with E-state index in [2.05, 4.69) is 52.0 Å². The standard InChI is InChI=1S/C19H25NO2/c1-13(2)11-20-18(10-9-17(12-21)19(20)22)16-7-5-15(6-8-16)14(3)4/h5-10,13-14,21H,11-12H2,1-4H3. The number of benzene rings is 1. The smallest absolute Gasteiger partial charge is 0.256 e. The highest BCUT2D eigenvalue weighted by molar-refractivity contribution is 5.60. The summed E-state index contributed by atoms with van der Waals surface area (Å²) in [4.78, 5) is 12.5. The first kappa shape index (κ1) is 16.5. The summed E-state index contributed by atoms with van der Waals surface area (Å²) >= 11 is 0. The Balaban J connectivity index is 2.54. The minimum atomic E-state index is -0.219. The van der Waals surface area contributed by atoms with Crippen LogP contribution in [0.5, 0.6) is 0 Å². The van der Waals surface area contributed by atoms with Gasteiger partial charge in [0, 0.05) is 12.1 Å². The summed E-state index contributed by atoms with van der Waals surface area (Å²) in [5, 5.41) is 9.32. The number of hydrogen-bond donors (Lipinski definition) is 1. The van der Waals surface area contributed by atoms with Crippen molar-refractivity contribution in [3.8, 4) is 11.3 Å². The van der Waals surface area contributed by atoms with Gasteiger partial charge in [0.05, 0.1) is 12.3 Å². The monoisotopic (exact) mass is 299 g/mol. The Hall–Kier alpha value is -1.87. The van der Waals surface area contributed by atoms with Crippen LogP contribution in [0.25, 0.3) is 11.3 Å². The van der Waals surface area contributed by atoms with Crippen molar-refractivity contribution in [2.45, 2.75) is 46.8 Å². The molecule has 118 valence electrons. The van der Waals surface area contributed by atoms with E-state index >= 15 is 0 Å². The lowest BCUT2D eigenvalue weighted by Crippen LogP contribution is -2.27. The molecule has 1 N–H and O–H groups in total. The molecule has 0 spiro atoms. The number of aliphatic hydroxyl groups excluding tert-OH is 1. The Morgan fingerprint density at radius 1 is 1.00 bits per heavy atom. The lowest BCUT2D eigenvalue weighted by atomic mass is 10.00. The van der Waals surface area contributed by atoms with Crippen molar-refractivity contribution in [1.82, 2.24) is 4.57 Å². The molecule has 1 aromatic carbocycles. The third-order valence-electron chi connectivity index (χ3n) is 3.84. The topological polar surface area (TPSA) is 42.2 Å². The van der Waals surface area contributed by atoms with Crippen LogP contribution in [0.4, 0.5) is 0 Å². The molecule has 0 aliphatic rings. The first-order valence-corrected chi connectivity index (χ1v) is 7.88. The van der Waals surface area contributed by atoms with Crippen molar-refractivity contribution in [1.29, 1.82) is 0 Å². The molecule has 0 fully saturated rings. The third kappa shape index (κ3) is 3.47. The second kappa shape index (κ2) is 6.93. The van der Waals surface area contributed by atoms with Crippen LogP contribution >= 0.6 is 0 Å². The van der Waals surface area contributed by atoms with Crippen LogP contribution in [0.2, 0.25) is 0 Å². The summed E-state index contributed by atoms with van der Waals surface area (Å²) in [6.45, 7) is 8.93. The average molecular weight is 299 g/mol. The van der Waals surface area contributed by atoms with E-state index in [0.717, 1.165) is 11.3 Å². The van der Waals surface area contributed by atoms with E-state index in [-0.39, 0.29) is 12.2 Å². The average Bonchev–Trinajstić information content (AvgIpc) is 2.49. The van der Waals surface area contributed by atoms with Gasteiger partial charge in [0.15, 0.2) is 0 Å². The van der Waals surface area contributed by atoms with Crippen molar-refractivity contribution in [3.63, 3.8) is 0 Å². The molecule has 0 radical (unpaired) electrons. The fourth-order valence-electron chi connectivity index (χ4n) is 2.58. The zero-order chi connectivity index (χ0) is 16.3. The van der Waals surface area contributed by atoms with Crippen LogP contribution < -0.4 is 5.56 Å². The molecular formula is C19H25NO2. The van der Waals surface area contributed by atoms with E-state index in [0.29, 0.717) is 23.9 Å². The van der Waals surface area contributed by atoms with Crippen LogP contribution in [0.15, 0.2) is 41.2 Å². The molecule has 0 saturated carbocycles. The largest absolute Gasteiger partial charge is 0.391 e. The highest BCUT2D eigenvalue weighted by atomic mass is 16.3. The van der Waals surface area contributed by atoms with Crippen molar-refractivity contribution in [3.05, 3.63) is 57.9 Å². The van der Waals surface area contributed by atoms with Crippen molar-refractivity contribution in [2.75, 3.05) is 0 Å². The van der Waals surface area contributed by atoms with Gasteiger partial charge in [-0.05, 0) is 35.1 Å². The number of hydrogen-bond acceptors (Lipinski definition) is 2. The van der Waals surface area contributed by atoms with E-state index < -0.39 is 0 Å². The van der Waals surface area contributed by atoms with Gasteiger partial charge in [-0.25, -0.2) is 0 Å². The number of aliphatic hydroxyl groups is 1. The predicted octanol–water partition coefficient (Wildman–Crippen LogP) is 3.79. The van der Waals surface area contributed by atoms with E-state index in [4.69, 9.17) is 0 Å². The summed E-state index contributed by atoms with van der Waals surface area (Å²) in [5.74, 6) is 0.851. The first-order valence-electron chi connectivity index (χ1n) is 7.88. The third-order valence-corrected chi connectivity index (χ3v) is 3.84. The number of rotatable bonds is 5. The van der Waals surface area contributed by atoms with Gasteiger partial charge in [-0.3, -0.25) is 4.79 Å². The lowest BCUT2D eigenvalue weighted by molar-refractivity contribution is 0.279. The molecule has 1 heterocycles. The van der Waals surface area contributed by atoms with Crippen LogP contribution in [-0.2, 0) is 13.2 Å². The van der Waals surface area contributed by atoms with Crippen molar-refractivity contribution < 1.29 is 5.11 Å². The van der Waals surface area contributed by atoms with E-state index in [1.54, 1.807) is 10.6 Å². The SMILES string of the molecule is CC(C)Cn1c(-c2ccc(C(C)C)cc2)ccc(CO)c1=O. The summed E-state index contributed by atoms with van der Waals surface area (Å²) in [6, 6.07) is 12.0. The van der Waals surface area contributed by atoms with Gasteiger partial charge < -0.3 is 9.67 Å². The van der Waals surface area contributed by atoms with Gasteiger partial charge in [-0.1, -0.05) is 52.0 Å². The molecule has 0 aliphatic carbocycles. The quantitative estimate of drug-likeness (QED) is 0.912. The molecule has 0 unspecified atom stereocenters. The van der Waals surface area contributed by atoms with Crippen LogP contribution in [0.3, 0.4) is 0 Å². The molecule has 3 heteroatoms. The predicted molar refractivity (Wildman–Crippen MR) is 91.0 cm³/mol. The van der Waals surface area contributed by atoms with Gasteiger partial charge in [-0.2, -0.15) is 0 Å². The fraction of sp³-hybridized carbons (Fsp3) is 0.421. The molecule has 0 atom stereocenters. The Morgan fingerprint density at radius 2 is 1.64 bits per heavy atom. The Morgan fingerprint density at radius 3 is 2.14 bits per heavy atom. The second-order valence-corrected chi connectivity index (χ2v) is 6.49. The molecule has 2 aromatic rings. The van der Waals surface area contributed by atoms with Crippen LogP contribution in [0, 0.1) is 5.92 Å². The summed E-state index contributed by atoms with van der Waals surface area (Å²) in [6.07, 6.45) is 0. The highest BCUT2D eigenvalue weighted by Crippen LogP contribution is 2.23. The van der Waals surface area contributed by atoms with Gasteiger partial charge in [-0.15, -0.1) is 0 Å². The maximum atomic E-state index is 12.5. The Labute approximate surface area is 132 Å². The number of aromatic nitrogens is 1. The summed E-state index contributed by atoms with van der Waals surface area (Å²) in [5.41, 5.74) is 3.58. The first-order chi connectivity index (χ1) is 10.4. The maximum Gasteiger partial charge on any atom is 0.256 e. The fourth-order valence-corrected chi connectivity index (χ4v) is 2.58. The molecule has 2 rings (SSSR count). The van der Waals surface area contributed by atoms with Crippen LogP contribution in [0.1, 0.15) is 44.7 Å². The molecule has 0 amide bonds. The minimum absolute atomic E-state index is 0.0957. The highest BCUT2D eigenvalue weighted by Gasteiger charge is 2.11. The van der Waals surface area contributed by atoms with E-state index in [1.165, 1.54) is 5.56 Å². The maximum absolute atomic E-state index is 12.5. The minimum Gasteiger partial charge on any atom is -0.391 e. The van der Waals surface area contributed by atoms with Gasteiger partial charge in [0.2, 0.25) is 0 Å². The van der Waals surface area contributed by atoms with Crippen molar-refractivity contribution in [2.24, 2.45) is 5.92 Å². The van der Waals surface area contributed by atoms with Gasteiger partial charge in [0.25, 0.3) is 5.56 Å². The molecule has 0 bridgehead atoms. The molecule has 0 aliphatic heterocycles. The molecule has 1 aromatic heterocycles. The zero-order valence-corrected chi connectivity index (χ0v) is 13.8.